The maximum atomic E-state index is 11.9. The van der Waals surface area contributed by atoms with Gasteiger partial charge in [-0.2, -0.15) is 0 Å². The Labute approximate surface area is 122 Å². The summed E-state index contributed by atoms with van der Waals surface area (Å²) in [5.74, 6) is 0. The Balaban J connectivity index is 2.49. The lowest BCUT2D eigenvalue weighted by molar-refractivity contribution is 0.0736. The molecule has 0 saturated carbocycles. The molecule has 0 fully saturated rings. The number of methoxy groups -OCH3 is 1. The number of benzene rings is 1. The average Bonchev–Trinajstić information content (AvgIpc) is 2.36. The van der Waals surface area contributed by atoms with Crippen molar-refractivity contribution in [2.24, 2.45) is 0 Å². The van der Waals surface area contributed by atoms with Crippen LogP contribution in [0, 0.1) is 0 Å². The number of nitrogens with one attached hydrogen (secondary N) is 1. The first kappa shape index (κ1) is 16.7. The van der Waals surface area contributed by atoms with E-state index in [1.807, 2.05) is 0 Å². The molecule has 0 atom stereocenters. The lowest BCUT2D eigenvalue weighted by Gasteiger charge is -2.08. The van der Waals surface area contributed by atoms with Crippen molar-refractivity contribution in [3.63, 3.8) is 0 Å². The summed E-state index contributed by atoms with van der Waals surface area (Å²) < 4.78 is 36.1. The molecule has 0 aliphatic heterocycles. The van der Waals surface area contributed by atoms with E-state index in [4.69, 9.17) is 32.7 Å². The molecule has 0 spiro atoms. The quantitative estimate of drug-likeness (QED) is 0.741. The lowest BCUT2D eigenvalue weighted by Crippen LogP contribution is -2.27. The van der Waals surface area contributed by atoms with Gasteiger partial charge in [-0.05, 0) is 18.2 Å². The van der Waals surface area contributed by atoms with Crippen molar-refractivity contribution in [1.82, 2.24) is 4.72 Å². The Bertz CT molecular complexity index is 507. The smallest absolute Gasteiger partial charge is 0.240 e. The minimum atomic E-state index is -3.60. The van der Waals surface area contributed by atoms with E-state index in [0.29, 0.717) is 18.2 Å². The van der Waals surface area contributed by atoms with Gasteiger partial charge >= 0.3 is 0 Å². The number of hydrogen-bond donors (Lipinski definition) is 1. The van der Waals surface area contributed by atoms with E-state index in [0.717, 1.165) is 0 Å². The topological polar surface area (TPSA) is 64.6 Å². The number of halogens is 2. The van der Waals surface area contributed by atoms with E-state index >= 15 is 0 Å². The highest BCUT2D eigenvalue weighted by atomic mass is 35.5. The van der Waals surface area contributed by atoms with E-state index in [1.165, 1.54) is 18.2 Å². The molecule has 5 nitrogen and oxygen atoms in total. The first-order valence-corrected chi connectivity index (χ1v) is 7.72. The van der Waals surface area contributed by atoms with E-state index < -0.39 is 10.0 Å². The fraction of sp³-hybridized carbons (Fsp3) is 0.455. The molecular formula is C11H15Cl2NO4S. The molecule has 0 bridgehead atoms. The van der Waals surface area contributed by atoms with Crippen LogP contribution in [-0.4, -0.2) is 41.9 Å². The van der Waals surface area contributed by atoms with Gasteiger partial charge in [0.1, 0.15) is 0 Å². The third-order valence-corrected chi connectivity index (χ3v) is 4.37. The van der Waals surface area contributed by atoms with Crippen molar-refractivity contribution in [2.45, 2.75) is 4.90 Å². The number of rotatable bonds is 8. The van der Waals surface area contributed by atoms with E-state index in [1.54, 1.807) is 7.11 Å². The molecule has 1 N–H and O–H groups in total. The Morgan fingerprint density at radius 2 is 1.89 bits per heavy atom. The zero-order valence-electron chi connectivity index (χ0n) is 10.4. The summed E-state index contributed by atoms with van der Waals surface area (Å²) in [7, 11) is -2.03. The summed E-state index contributed by atoms with van der Waals surface area (Å²) in [5, 5.41) is 0.504. The molecule has 0 amide bonds. The molecule has 0 saturated heterocycles. The first-order chi connectivity index (χ1) is 8.97. The monoisotopic (exact) mass is 327 g/mol. The van der Waals surface area contributed by atoms with Crippen LogP contribution in [0.3, 0.4) is 0 Å². The molecule has 0 aromatic heterocycles. The average molecular weight is 328 g/mol. The highest BCUT2D eigenvalue weighted by Crippen LogP contribution is 2.24. The summed E-state index contributed by atoms with van der Waals surface area (Å²) in [6.07, 6.45) is 0. The summed E-state index contributed by atoms with van der Waals surface area (Å²) in [6, 6.07) is 4.13. The van der Waals surface area contributed by atoms with Gasteiger partial charge in [-0.3, -0.25) is 0 Å². The van der Waals surface area contributed by atoms with Gasteiger partial charge in [0.25, 0.3) is 0 Å². The molecule has 0 heterocycles. The molecule has 19 heavy (non-hydrogen) atoms. The molecule has 0 unspecified atom stereocenters. The number of hydrogen-bond acceptors (Lipinski definition) is 4. The molecule has 0 aliphatic rings. The number of sulfonamides is 1. The first-order valence-electron chi connectivity index (χ1n) is 5.49. The minimum absolute atomic E-state index is 0.0683. The highest BCUT2D eigenvalue weighted by Gasteiger charge is 2.14. The van der Waals surface area contributed by atoms with Gasteiger partial charge in [0.2, 0.25) is 10.0 Å². The fourth-order valence-corrected chi connectivity index (χ4v) is 2.62. The van der Waals surface area contributed by atoms with Crippen LogP contribution in [0.15, 0.2) is 23.1 Å². The second kappa shape index (κ2) is 8.04. The van der Waals surface area contributed by atoms with Crippen LogP contribution in [0.1, 0.15) is 0 Å². The van der Waals surface area contributed by atoms with Crippen molar-refractivity contribution >= 4 is 33.2 Å². The van der Waals surface area contributed by atoms with Gasteiger partial charge in [-0.25, -0.2) is 13.1 Å². The van der Waals surface area contributed by atoms with Gasteiger partial charge in [0, 0.05) is 13.7 Å². The van der Waals surface area contributed by atoms with Gasteiger partial charge < -0.3 is 9.47 Å². The third kappa shape index (κ3) is 5.64. The maximum absolute atomic E-state index is 11.9. The van der Waals surface area contributed by atoms with Crippen molar-refractivity contribution < 1.29 is 17.9 Å². The van der Waals surface area contributed by atoms with Crippen LogP contribution in [0.2, 0.25) is 10.0 Å². The zero-order chi connectivity index (χ0) is 14.3. The Morgan fingerprint density at radius 3 is 2.53 bits per heavy atom. The maximum Gasteiger partial charge on any atom is 0.240 e. The highest BCUT2D eigenvalue weighted by molar-refractivity contribution is 7.89. The second-order valence-corrected chi connectivity index (χ2v) is 6.16. The normalized spacial score (nSPS) is 11.7. The second-order valence-electron chi connectivity index (χ2n) is 3.58. The van der Waals surface area contributed by atoms with Crippen LogP contribution >= 0.6 is 23.2 Å². The molecule has 1 aromatic rings. The molecule has 8 heteroatoms. The zero-order valence-corrected chi connectivity index (χ0v) is 12.7. The van der Waals surface area contributed by atoms with Crippen LogP contribution in [0.5, 0.6) is 0 Å². The summed E-state index contributed by atoms with van der Waals surface area (Å²) in [4.78, 5) is 0.0683. The summed E-state index contributed by atoms with van der Waals surface area (Å²) >= 11 is 11.5. The Morgan fingerprint density at radius 1 is 1.16 bits per heavy atom. The summed E-state index contributed by atoms with van der Waals surface area (Å²) in [6.45, 7) is 1.33. The van der Waals surface area contributed by atoms with Crippen molar-refractivity contribution in [2.75, 3.05) is 33.5 Å². The molecule has 0 radical (unpaired) electrons. The van der Waals surface area contributed by atoms with Crippen LogP contribution in [0.4, 0.5) is 0 Å². The van der Waals surface area contributed by atoms with Crippen molar-refractivity contribution in [3.05, 3.63) is 28.2 Å². The largest absolute Gasteiger partial charge is 0.382 e. The van der Waals surface area contributed by atoms with E-state index in [9.17, 15) is 8.42 Å². The minimum Gasteiger partial charge on any atom is -0.382 e. The Hall–Kier alpha value is -0.370. The standard InChI is InChI=1S/C11H15Cl2NO4S/c1-17-6-7-18-5-4-14-19(15,16)9-2-3-10(12)11(13)8-9/h2-3,8,14H,4-7H2,1H3. The van der Waals surface area contributed by atoms with Crippen LogP contribution < -0.4 is 4.72 Å². The third-order valence-electron chi connectivity index (χ3n) is 2.17. The van der Waals surface area contributed by atoms with Gasteiger partial charge in [0.05, 0.1) is 34.8 Å². The molecule has 1 rings (SSSR count). The van der Waals surface area contributed by atoms with Crippen molar-refractivity contribution in [3.8, 4) is 0 Å². The molecule has 108 valence electrons. The van der Waals surface area contributed by atoms with E-state index in [-0.39, 0.29) is 23.1 Å². The number of ether oxygens (including phenoxy) is 2. The SMILES string of the molecule is COCCOCCNS(=O)(=O)c1ccc(Cl)c(Cl)c1. The van der Waals surface area contributed by atoms with Gasteiger partial charge in [0.15, 0.2) is 0 Å². The van der Waals surface area contributed by atoms with Gasteiger partial charge in [-0.1, -0.05) is 23.2 Å². The Kier molecular flexibility index (Phi) is 7.06. The fourth-order valence-electron chi connectivity index (χ4n) is 1.22. The van der Waals surface area contributed by atoms with E-state index in [2.05, 4.69) is 4.72 Å². The molecule has 1 aromatic carbocycles. The molecule has 0 aliphatic carbocycles. The van der Waals surface area contributed by atoms with Crippen LogP contribution in [0.25, 0.3) is 0 Å². The predicted molar refractivity (Wildman–Crippen MR) is 74.3 cm³/mol. The van der Waals surface area contributed by atoms with Crippen LogP contribution in [-0.2, 0) is 19.5 Å². The van der Waals surface area contributed by atoms with Gasteiger partial charge in [-0.15, -0.1) is 0 Å². The predicted octanol–water partition coefficient (Wildman–Crippen LogP) is 1.93. The summed E-state index contributed by atoms with van der Waals surface area (Å²) in [5.41, 5.74) is 0. The lowest BCUT2D eigenvalue weighted by atomic mass is 10.4. The van der Waals surface area contributed by atoms with Crippen molar-refractivity contribution in [1.29, 1.82) is 0 Å². The molecular weight excluding hydrogens is 313 g/mol.